The van der Waals surface area contributed by atoms with E-state index in [0.29, 0.717) is 5.82 Å². The van der Waals surface area contributed by atoms with E-state index >= 15 is 0 Å². The van der Waals surface area contributed by atoms with E-state index in [-0.39, 0.29) is 18.6 Å². The molecule has 5 heteroatoms. The molecule has 1 fully saturated rings. The summed E-state index contributed by atoms with van der Waals surface area (Å²) in [6.45, 7) is 0.218. The fourth-order valence-electron chi connectivity index (χ4n) is 3.78. The fourth-order valence-corrected chi connectivity index (χ4v) is 3.78. The Labute approximate surface area is 153 Å². The normalized spacial score (nSPS) is 20.7. The molecule has 134 valence electrons. The Bertz CT molecular complexity index is 868. The molecule has 1 aliphatic carbocycles. The average Bonchev–Trinajstić information content (AvgIpc) is 2.93. The first kappa shape index (κ1) is 16.9. The van der Waals surface area contributed by atoms with Crippen molar-refractivity contribution >= 4 is 16.7 Å². The maximum Gasteiger partial charge on any atom is 0.163 e. The number of benzene rings is 1. The van der Waals surface area contributed by atoms with Gasteiger partial charge in [-0.2, -0.15) is 0 Å². The monoisotopic (exact) mass is 348 g/mol. The van der Waals surface area contributed by atoms with Crippen LogP contribution >= 0.6 is 0 Å². The topological polar surface area (TPSA) is 70.9 Å². The molecule has 1 saturated carbocycles. The van der Waals surface area contributed by atoms with E-state index in [9.17, 15) is 5.11 Å². The van der Waals surface area contributed by atoms with Crippen LogP contribution in [0.5, 0.6) is 0 Å². The molecule has 5 nitrogen and oxygen atoms in total. The smallest absolute Gasteiger partial charge is 0.163 e. The van der Waals surface area contributed by atoms with Crippen molar-refractivity contribution < 1.29 is 5.11 Å². The minimum absolute atomic E-state index is 0.218. The van der Waals surface area contributed by atoms with Crippen molar-refractivity contribution in [3.63, 3.8) is 0 Å². The van der Waals surface area contributed by atoms with Crippen molar-refractivity contribution in [1.82, 2.24) is 15.0 Å². The molecule has 2 N–H and O–H groups in total. The summed E-state index contributed by atoms with van der Waals surface area (Å²) >= 11 is 0. The van der Waals surface area contributed by atoms with Gasteiger partial charge in [-0.05, 0) is 37.1 Å². The number of nitrogens with one attached hydrogen (secondary N) is 1. The number of aromatic nitrogens is 3. The number of nitrogens with zero attached hydrogens (tertiary/aromatic N) is 3. The number of hydrogen-bond acceptors (Lipinski definition) is 5. The van der Waals surface area contributed by atoms with Gasteiger partial charge in [0.25, 0.3) is 0 Å². The Kier molecular flexibility index (Phi) is 5.07. The summed E-state index contributed by atoms with van der Waals surface area (Å²) in [5.74, 6) is 1.79. The minimum atomic E-state index is 0.218. The van der Waals surface area contributed by atoms with E-state index in [4.69, 9.17) is 9.97 Å². The van der Waals surface area contributed by atoms with Gasteiger partial charge in [0.05, 0.1) is 5.52 Å². The Morgan fingerprint density at radius 2 is 1.88 bits per heavy atom. The van der Waals surface area contributed by atoms with Gasteiger partial charge in [0.15, 0.2) is 5.82 Å². The first-order chi connectivity index (χ1) is 12.8. The second-order valence-electron chi connectivity index (χ2n) is 6.99. The summed E-state index contributed by atoms with van der Waals surface area (Å²) < 4.78 is 0. The zero-order chi connectivity index (χ0) is 17.8. The molecule has 0 aliphatic heterocycles. The van der Waals surface area contributed by atoms with Gasteiger partial charge in [-0.15, -0.1) is 0 Å². The molecular formula is C21H24N4O. The van der Waals surface area contributed by atoms with Crippen molar-refractivity contribution in [3.8, 4) is 11.4 Å². The Morgan fingerprint density at radius 1 is 1.00 bits per heavy atom. The van der Waals surface area contributed by atoms with Crippen LogP contribution in [-0.4, -0.2) is 32.7 Å². The summed E-state index contributed by atoms with van der Waals surface area (Å²) in [5, 5.41) is 14.5. The quantitative estimate of drug-likeness (QED) is 0.696. The van der Waals surface area contributed by atoms with Crippen molar-refractivity contribution in [3.05, 3.63) is 48.8 Å². The van der Waals surface area contributed by atoms with E-state index in [1.807, 2.05) is 30.3 Å². The van der Waals surface area contributed by atoms with E-state index < -0.39 is 0 Å². The van der Waals surface area contributed by atoms with Crippen LogP contribution in [0, 0.1) is 5.92 Å². The van der Waals surface area contributed by atoms with Crippen molar-refractivity contribution in [2.24, 2.45) is 5.92 Å². The van der Waals surface area contributed by atoms with E-state index in [0.717, 1.165) is 35.1 Å². The second kappa shape index (κ2) is 7.79. The fraction of sp³-hybridized carbons (Fsp3) is 0.381. The summed E-state index contributed by atoms with van der Waals surface area (Å²) in [6.07, 6.45) is 9.28. The van der Waals surface area contributed by atoms with Crippen LogP contribution in [0.4, 0.5) is 5.82 Å². The van der Waals surface area contributed by atoms with Gasteiger partial charge in [0.1, 0.15) is 5.82 Å². The molecule has 1 aromatic carbocycles. The Hall–Kier alpha value is -2.53. The number of aliphatic hydroxyl groups excluding tert-OH is 1. The highest BCUT2D eigenvalue weighted by Crippen LogP contribution is 2.29. The van der Waals surface area contributed by atoms with Gasteiger partial charge in [0.2, 0.25) is 0 Å². The molecule has 0 spiro atoms. The number of aliphatic hydroxyl groups is 1. The molecule has 3 aromatic rings. The number of hydrogen-bond donors (Lipinski definition) is 2. The maximum atomic E-state index is 9.83. The largest absolute Gasteiger partial charge is 0.396 e. The summed E-state index contributed by atoms with van der Waals surface area (Å²) in [6, 6.07) is 12.2. The lowest BCUT2D eigenvalue weighted by Crippen LogP contribution is -2.31. The van der Waals surface area contributed by atoms with Gasteiger partial charge in [-0.3, -0.25) is 4.98 Å². The highest BCUT2D eigenvalue weighted by Gasteiger charge is 2.24. The second-order valence-corrected chi connectivity index (χ2v) is 6.99. The van der Waals surface area contributed by atoms with Crippen molar-refractivity contribution in [1.29, 1.82) is 0 Å². The molecule has 2 heterocycles. The van der Waals surface area contributed by atoms with Gasteiger partial charge < -0.3 is 10.4 Å². The van der Waals surface area contributed by atoms with E-state index in [2.05, 4.69) is 16.4 Å². The molecular weight excluding hydrogens is 324 g/mol. The van der Waals surface area contributed by atoms with Gasteiger partial charge >= 0.3 is 0 Å². The zero-order valence-electron chi connectivity index (χ0n) is 14.8. The lowest BCUT2D eigenvalue weighted by atomic mass is 9.95. The van der Waals surface area contributed by atoms with Crippen molar-refractivity contribution in [2.45, 2.75) is 38.1 Å². The van der Waals surface area contributed by atoms with Crippen LogP contribution in [0.1, 0.15) is 32.1 Å². The third kappa shape index (κ3) is 3.53. The zero-order valence-corrected chi connectivity index (χ0v) is 14.8. The number of rotatable bonds is 4. The highest BCUT2D eigenvalue weighted by atomic mass is 16.3. The maximum absolute atomic E-state index is 9.83. The SMILES string of the molecule is OC[C@H]1CCCCC[C@H]1Nc1nc(-c2cccnc2)nc2ccccc12. The Balaban J connectivity index is 1.75. The third-order valence-corrected chi connectivity index (χ3v) is 5.24. The van der Waals surface area contributed by atoms with Gasteiger partial charge in [0, 0.05) is 41.9 Å². The van der Waals surface area contributed by atoms with Crippen LogP contribution in [0.15, 0.2) is 48.8 Å². The summed E-state index contributed by atoms with van der Waals surface area (Å²) in [4.78, 5) is 13.7. The molecule has 26 heavy (non-hydrogen) atoms. The Morgan fingerprint density at radius 3 is 2.73 bits per heavy atom. The van der Waals surface area contributed by atoms with Crippen LogP contribution in [0.2, 0.25) is 0 Å². The molecule has 0 radical (unpaired) electrons. The first-order valence-corrected chi connectivity index (χ1v) is 9.40. The third-order valence-electron chi connectivity index (χ3n) is 5.24. The van der Waals surface area contributed by atoms with E-state index in [1.165, 1.54) is 19.3 Å². The van der Waals surface area contributed by atoms with Gasteiger partial charge in [-0.1, -0.05) is 31.4 Å². The standard InChI is InChI=1S/C21H24N4O/c26-14-16-7-2-1-3-10-18(16)23-21-17-9-4-5-11-19(17)24-20(25-21)15-8-6-12-22-13-15/h4-6,8-9,11-13,16,18,26H,1-3,7,10,14H2,(H,23,24,25)/t16-,18-/m1/s1. The molecule has 0 amide bonds. The molecule has 2 aromatic heterocycles. The predicted molar refractivity (Wildman–Crippen MR) is 104 cm³/mol. The van der Waals surface area contributed by atoms with Crippen LogP contribution < -0.4 is 5.32 Å². The van der Waals surface area contributed by atoms with Gasteiger partial charge in [-0.25, -0.2) is 9.97 Å². The number of para-hydroxylation sites is 1. The first-order valence-electron chi connectivity index (χ1n) is 9.40. The summed E-state index contributed by atoms with van der Waals surface area (Å²) in [7, 11) is 0. The lowest BCUT2D eigenvalue weighted by molar-refractivity contribution is 0.203. The number of pyridine rings is 1. The molecule has 2 atom stereocenters. The highest BCUT2D eigenvalue weighted by molar-refractivity contribution is 5.90. The molecule has 0 saturated heterocycles. The van der Waals surface area contributed by atoms with Crippen LogP contribution in [0.25, 0.3) is 22.3 Å². The molecule has 0 unspecified atom stereocenters. The van der Waals surface area contributed by atoms with Crippen LogP contribution in [0.3, 0.4) is 0 Å². The number of fused-ring (bicyclic) bond motifs is 1. The predicted octanol–water partition coefficient (Wildman–Crippen LogP) is 4.04. The molecule has 1 aliphatic rings. The molecule has 0 bridgehead atoms. The number of anilines is 1. The van der Waals surface area contributed by atoms with E-state index in [1.54, 1.807) is 12.4 Å². The lowest BCUT2D eigenvalue weighted by Gasteiger charge is -2.25. The van der Waals surface area contributed by atoms with Crippen LogP contribution in [-0.2, 0) is 0 Å². The average molecular weight is 348 g/mol. The van der Waals surface area contributed by atoms with Crippen molar-refractivity contribution in [2.75, 3.05) is 11.9 Å². The summed E-state index contributed by atoms with van der Waals surface area (Å²) in [5.41, 5.74) is 1.82. The minimum Gasteiger partial charge on any atom is -0.396 e. The molecule has 4 rings (SSSR count).